The predicted octanol–water partition coefficient (Wildman–Crippen LogP) is 1.66. The molecule has 0 aliphatic carbocycles. The molecule has 17 heavy (non-hydrogen) atoms. The van der Waals surface area contributed by atoms with E-state index in [1.807, 2.05) is 6.26 Å². The number of rotatable bonds is 3. The van der Waals surface area contributed by atoms with Gasteiger partial charge in [0.1, 0.15) is 17.5 Å². The van der Waals surface area contributed by atoms with E-state index in [1.165, 1.54) is 11.8 Å². The van der Waals surface area contributed by atoms with Gasteiger partial charge in [0.05, 0.1) is 6.20 Å². The molecule has 5 nitrogen and oxygen atoms in total. The van der Waals surface area contributed by atoms with Crippen molar-refractivity contribution in [1.82, 2.24) is 9.97 Å². The summed E-state index contributed by atoms with van der Waals surface area (Å²) in [4.78, 5) is 8.42. The van der Waals surface area contributed by atoms with Crippen LogP contribution in [0.4, 0.5) is 5.82 Å². The number of aromatic nitrogens is 2. The van der Waals surface area contributed by atoms with Crippen molar-refractivity contribution in [2.45, 2.75) is 24.0 Å². The smallest absolute Gasteiger partial charge is 0.189 e. The molecule has 0 unspecified atom stereocenters. The van der Waals surface area contributed by atoms with Crippen LogP contribution >= 0.6 is 11.8 Å². The Morgan fingerprint density at radius 1 is 1.53 bits per heavy atom. The maximum atomic E-state index is 9.01. The Morgan fingerprint density at radius 3 is 2.94 bits per heavy atom. The Morgan fingerprint density at radius 2 is 2.29 bits per heavy atom. The minimum atomic E-state index is 0.334. The van der Waals surface area contributed by atoms with Crippen LogP contribution in [0.5, 0.6) is 0 Å². The van der Waals surface area contributed by atoms with E-state index in [9.17, 15) is 0 Å². The molecular formula is C11H14N4OS. The van der Waals surface area contributed by atoms with Crippen LogP contribution in [-0.4, -0.2) is 35.5 Å². The zero-order valence-corrected chi connectivity index (χ0v) is 10.5. The molecule has 2 heterocycles. The van der Waals surface area contributed by atoms with Gasteiger partial charge in [-0.1, -0.05) is 11.8 Å². The third-order valence-corrected chi connectivity index (χ3v) is 3.19. The number of anilines is 1. The van der Waals surface area contributed by atoms with Crippen LogP contribution in [0, 0.1) is 11.3 Å². The monoisotopic (exact) mass is 250 g/mol. The summed E-state index contributed by atoms with van der Waals surface area (Å²) in [5.74, 6) is 0.638. The van der Waals surface area contributed by atoms with Crippen LogP contribution in [0.1, 0.15) is 18.4 Å². The maximum absolute atomic E-state index is 9.01. The van der Waals surface area contributed by atoms with Gasteiger partial charge in [-0.05, 0) is 19.1 Å². The molecule has 6 heteroatoms. The normalized spacial score (nSPS) is 16.5. The molecule has 0 amide bonds. The molecule has 1 saturated heterocycles. The summed E-state index contributed by atoms with van der Waals surface area (Å²) in [6.45, 7) is 1.53. The summed E-state index contributed by atoms with van der Waals surface area (Å²) in [5, 5.41) is 13.0. The van der Waals surface area contributed by atoms with E-state index < -0.39 is 0 Å². The third-order valence-electron chi connectivity index (χ3n) is 2.63. The van der Waals surface area contributed by atoms with Crippen molar-refractivity contribution in [2.24, 2.45) is 0 Å². The van der Waals surface area contributed by atoms with Crippen LogP contribution in [-0.2, 0) is 4.74 Å². The second kappa shape index (κ2) is 5.84. The van der Waals surface area contributed by atoms with Crippen molar-refractivity contribution < 1.29 is 4.74 Å². The van der Waals surface area contributed by atoms with Gasteiger partial charge in [-0.15, -0.1) is 0 Å². The molecule has 1 N–H and O–H groups in total. The fourth-order valence-electron chi connectivity index (χ4n) is 1.69. The van der Waals surface area contributed by atoms with Crippen molar-refractivity contribution in [2.75, 3.05) is 24.8 Å². The number of thioether (sulfide) groups is 1. The number of nitrogens with zero attached hydrogens (tertiary/aromatic N) is 3. The van der Waals surface area contributed by atoms with E-state index in [0.717, 1.165) is 26.1 Å². The first-order valence-corrected chi connectivity index (χ1v) is 6.71. The van der Waals surface area contributed by atoms with Crippen LogP contribution < -0.4 is 5.32 Å². The highest BCUT2D eigenvalue weighted by Crippen LogP contribution is 2.19. The quantitative estimate of drug-likeness (QED) is 0.650. The minimum absolute atomic E-state index is 0.334. The van der Waals surface area contributed by atoms with E-state index in [4.69, 9.17) is 10.00 Å². The lowest BCUT2D eigenvalue weighted by atomic mass is 10.1. The first kappa shape index (κ1) is 12.1. The highest BCUT2D eigenvalue weighted by Gasteiger charge is 2.16. The van der Waals surface area contributed by atoms with Gasteiger partial charge in [0.25, 0.3) is 0 Å². The lowest BCUT2D eigenvalue weighted by molar-refractivity contribution is 0.0903. The number of hydrogen-bond donors (Lipinski definition) is 1. The molecule has 0 bridgehead atoms. The van der Waals surface area contributed by atoms with Gasteiger partial charge in [0, 0.05) is 19.3 Å². The zero-order chi connectivity index (χ0) is 12.1. The van der Waals surface area contributed by atoms with Gasteiger partial charge in [-0.2, -0.15) is 5.26 Å². The zero-order valence-electron chi connectivity index (χ0n) is 9.64. The van der Waals surface area contributed by atoms with Crippen molar-refractivity contribution >= 4 is 17.6 Å². The van der Waals surface area contributed by atoms with Crippen molar-refractivity contribution in [3.05, 3.63) is 11.8 Å². The van der Waals surface area contributed by atoms with E-state index in [1.54, 1.807) is 6.20 Å². The Hall–Kier alpha value is -1.32. The average Bonchev–Trinajstić information content (AvgIpc) is 2.40. The number of hydrogen-bond acceptors (Lipinski definition) is 6. The maximum Gasteiger partial charge on any atom is 0.189 e. The van der Waals surface area contributed by atoms with E-state index in [-0.39, 0.29) is 0 Å². The molecule has 0 radical (unpaired) electrons. The highest BCUT2D eigenvalue weighted by molar-refractivity contribution is 7.98. The molecule has 1 aliphatic heterocycles. The number of nitriles is 1. The van der Waals surface area contributed by atoms with Crippen LogP contribution in [0.3, 0.4) is 0 Å². The van der Waals surface area contributed by atoms with Gasteiger partial charge >= 0.3 is 0 Å². The van der Waals surface area contributed by atoms with E-state index >= 15 is 0 Å². The summed E-state index contributed by atoms with van der Waals surface area (Å²) in [6, 6.07) is 2.44. The molecule has 0 aromatic carbocycles. The Kier molecular flexibility index (Phi) is 4.18. The molecule has 90 valence electrons. The van der Waals surface area contributed by atoms with Gasteiger partial charge in [-0.3, -0.25) is 0 Å². The van der Waals surface area contributed by atoms with Crippen LogP contribution in [0.2, 0.25) is 0 Å². The number of nitrogens with one attached hydrogen (secondary N) is 1. The first-order chi connectivity index (χ1) is 8.33. The highest BCUT2D eigenvalue weighted by atomic mass is 32.2. The molecule has 0 spiro atoms. The molecule has 2 rings (SSSR count). The first-order valence-electron chi connectivity index (χ1n) is 5.49. The number of ether oxygens (including phenoxy) is 1. The fourth-order valence-corrected chi connectivity index (χ4v) is 2.03. The summed E-state index contributed by atoms with van der Waals surface area (Å²) >= 11 is 1.47. The molecule has 0 saturated carbocycles. The Labute approximate surface area is 105 Å². The Balaban J connectivity index is 2.14. The molecule has 1 aliphatic rings. The lowest BCUT2D eigenvalue weighted by Gasteiger charge is -2.23. The fraction of sp³-hybridized carbons (Fsp3) is 0.545. The van der Waals surface area contributed by atoms with Crippen molar-refractivity contribution in [3.63, 3.8) is 0 Å². The lowest BCUT2D eigenvalue weighted by Crippen LogP contribution is -2.28. The summed E-state index contributed by atoms with van der Waals surface area (Å²) < 4.78 is 5.30. The van der Waals surface area contributed by atoms with Crippen molar-refractivity contribution in [1.29, 1.82) is 5.26 Å². The standard InChI is InChI=1S/C11H14N4OS/c1-17-11-13-7-8(6-12)10(15-11)14-9-2-4-16-5-3-9/h7,9H,2-5H2,1H3,(H,13,14,15). The molecule has 1 fully saturated rings. The van der Waals surface area contributed by atoms with Gasteiger partial charge < -0.3 is 10.1 Å². The second-order valence-electron chi connectivity index (χ2n) is 3.76. The van der Waals surface area contributed by atoms with E-state index in [0.29, 0.717) is 22.6 Å². The second-order valence-corrected chi connectivity index (χ2v) is 4.54. The summed E-state index contributed by atoms with van der Waals surface area (Å²) in [7, 11) is 0. The predicted molar refractivity (Wildman–Crippen MR) is 66.0 cm³/mol. The van der Waals surface area contributed by atoms with Gasteiger partial charge in [-0.25, -0.2) is 9.97 Å². The third kappa shape index (κ3) is 3.08. The summed E-state index contributed by atoms with van der Waals surface area (Å²) in [5.41, 5.74) is 0.495. The molecule has 0 atom stereocenters. The molecular weight excluding hydrogens is 236 g/mol. The summed E-state index contributed by atoms with van der Waals surface area (Å²) in [6.07, 6.45) is 5.38. The van der Waals surface area contributed by atoms with E-state index in [2.05, 4.69) is 21.4 Å². The van der Waals surface area contributed by atoms with Gasteiger partial charge in [0.2, 0.25) is 0 Å². The molecule has 1 aromatic rings. The largest absolute Gasteiger partial charge is 0.381 e. The minimum Gasteiger partial charge on any atom is -0.381 e. The van der Waals surface area contributed by atoms with Crippen molar-refractivity contribution in [3.8, 4) is 6.07 Å². The Bertz CT molecular complexity index is 426. The topological polar surface area (TPSA) is 70.8 Å². The van der Waals surface area contributed by atoms with Crippen LogP contribution in [0.15, 0.2) is 11.4 Å². The van der Waals surface area contributed by atoms with Gasteiger partial charge in [0.15, 0.2) is 5.16 Å². The molecule has 1 aromatic heterocycles. The van der Waals surface area contributed by atoms with Crippen LogP contribution in [0.25, 0.3) is 0 Å². The SMILES string of the molecule is CSc1ncc(C#N)c(NC2CCOCC2)n1. The average molecular weight is 250 g/mol.